The molecule has 27 heavy (non-hydrogen) atoms. The van der Waals surface area contributed by atoms with Gasteiger partial charge in [0.05, 0.1) is 6.61 Å². The molecule has 1 aromatic heterocycles. The number of rotatable bonds is 7. The summed E-state index contributed by atoms with van der Waals surface area (Å²) in [5.41, 5.74) is 1.22. The maximum absolute atomic E-state index is 12.6. The SMILES string of the molecule is CCOC(=O)/C(C#N)=c1/s/c(=C/Nc2ccccc2CCO)c(=O)n1CC. The molecule has 0 atom stereocenters. The summed E-state index contributed by atoms with van der Waals surface area (Å²) in [4.78, 5) is 24.7. The Morgan fingerprint density at radius 1 is 1.41 bits per heavy atom. The van der Waals surface area contributed by atoms with E-state index in [1.807, 2.05) is 30.3 Å². The lowest BCUT2D eigenvalue weighted by molar-refractivity contribution is -0.136. The van der Waals surface area contributed by atoms with E-state index in [1.165, 1.54) is 4.57 Å². The van der Waals surface area contributed by atoms with E-state index in [0.717, 1.165) is 22.6 Å². The van der Waals surface area contributed by atoms with Gasteiger partial charge in [0.1, 0.15) is 15.3 Å². The third-order valence-electron chi connectivity index (χ3n) is 3.79. The number of benzene rings is 1. The Labute approximate surface area is 160 Å². The normalized spacial score (nSPS) is 12.4. The highest BCUT2D eigenvalue weighted by molar-refractivity contribution is 7.07. The molecule has 0 bridgehead atoms. The molecule has 2 N–H and O–H groups in total. The number of nitrogens with zero attached hydrogens (tertiary/aromatic N) is 2. The highest BCUT2D eigenvalue weighted by Gasteiger charge is 2.16. The number of nitrogens with one attached hydrogen (secondary N) is 1. The van der Waals surface area contributed by atoms with E-state index >= 15 is 0 Å². The summed E-state index contributed by atoms with van der Waals surface area (Å²) in [6.45, 7) is 3.91. The smallest absolute Gasteiger partial charge is 0.351 e. The Kier molecular flexibility index (Phi) is 7.34. The number of nitriles is 1. The third kappa shape index (κ3) is 4.64. The van der Waals surface area contributed by atoms with E-state index in [4.69, 9.17) is 9.84 Å². The van der Waals surface area contributed by atoms with Crippen LogP contribution in [0.5, 0.6) is 0 Å². The average Bonchev–Trinajstić information content (AvgIpc) is 2.97. The molecule has 0 unspecified atom stereocenters. The molecule has 0 spiro atoms. The summed E-state index contributed by atoms with van der Waals surface area (Å²) in [6, 6.07) is 9.31. The maximum Gasteiger partial charge on any atom is 0.351 e. The van der Waals surface area contributed by atoms with Crippen LogP contribution in [0.15, 0.2) is 29.1 Å². The first-order chi connectivity index (χ1) is 13.1. The fraction of sp³-hybridized carbons (Fsp3) is 0.316. The zero-order chi connectivity index (χ0) is 19.8. The predicted molar refractivity (Wildman–Crippen MR) is 104 cm³/mol. The first-order valence-electron chi connectivity index (χ1n) is 8.54. The fourth-order valence-electron chi connectivity index (χ4n) is 2.52. The van der Waals surface area contributed by atoms with Crippen LogP contribution in [0.25, 0.3) is 11.8 Å². The number of carbonyl (C=O) groups excluding carboxylic acids is 1. The minimum absolute atomic E-state index is 0.0184. The van der Waals surface area contributed by atoms with Gasteiger partial charge in [-0.15, -0.1) is 11.3 Å². The largest absolute Gasteiger partial charge is 0.462 e. The zero-order valence-corrected chi connectivity index (χ0v) is 16.0. The van der Waals surface area contributed by atoms with Crippen molar-refractivity contribution in [2.45, 2.75) is 26.8 Å². The van der Waals surface area contributed by atoms with E-state index in [9.17, 15) is 14.9 Å². The Morgan fingerprint density at radius 3 is 2.78 bits per heavy atom. The van der Waals surface area contributed by atoms with Crippen LogP contribution in [0.1, 0.15) is 19.4 Å². The van der Waals surface area contributed by atoms with Gasteiger partial charge in [-0.1, -0.05) is 18.2 Å². The molecule has 1 heterocycles. The summed E-state index contributed by atoms with van der Waals surface area (Å²) in [6.07, 6.45) is 2.04. The van der Waals surface area contributed by atoms with Crippen molar-refractivity contribution < 1.29 is 14.6 Å². The topological polar surface area (TPSA) is 104 Å². The standard InChI is InChI=1S/C19H21N3O4S/c1-3-22-17(24)16(27-18(22)14(11-20)19(25)26-4-2)12-21-15-8-6-5-7-13(15)9-10-23/h5-8,12,21,23H,3-4,9-10H2,1-2H3/b16-12+,18-14+. The number of anilines is 1. The van der Waals surface area contributed by atoms with Gasteiger partial charge in [0, 0.05) is 25.0 Å². The van der Waals surface area contributed by atoms with Gasteiger partial charge in [0.15, 0.2) is 5.57 Å². The molecule has 0 amide bonds. The lowest BCUT2D eigenvalue weighted by Gasteiger charge is -2.06. The quantitative estimate of drug-likeness (QED) is 0.673. The van der Waals surface area contributed by atoms with Crippen molar-refractivity contribution in [2.24, 2.45) is 0 Å². The number of ether oxygens (including phenoxy) is 1. The Bertz CT molecular complexity index is 1030. The van der Waals surface area contributed by atoms with Gasteiger partial charge in [0.25, 0.3) is 5.56 Å². The highest BCUT2D eigenvalue weighted by Crippen LogP contribution is 2.15. The molecule has 0 aliphatic rings. The molecule has 0 fully saturated rings. The number of esters is 1. The Morgan fingerprint density at radius 2 is 2.15 bits per heavy atom. The number of hydrogen-bond donors (Lipinski definition) is 2. The lowest BCUT2D eigenvalue weighted by atomic mass is 10.1. The van der Waals surface area contributed by atoms with Crippen LogP contribution in [-0.2, 0) is 22.5 Å². The van der Waals surface area contributed by atoms with Crippen LogP contribution in [0, 0.1) is 11.3 Å². The van der Waals surface area contributed by atoms with Gasteiger partial charge in [-0.25, -0.2) is 4.79 Å². The second-order valence-corrected chi connectivity index (χ2v) is 6.48. The number of carbonyl (C=O) groups is 1. The second kappa shape index (κ2) is 9.71. The van der Waals surface area contributed by atoms with E-state index in [1.54, 1.807) is 20.0 Å². The van der Waals surface area contributed by atoms with Crippen molar-refractivity contribution in [1.29, 1.82) is 5.26 Å². The summed E-state index contributed by atoms with van der Waals surface area (Å²) in [5, 5.41) is 21.6. The third-order valence-corrected chi connectivity index (χ3v) is 4.92. The summed E-state index contributed by atoms with van der Waals surface area (Å²) < 4.78 is 6.94. The predicted octanol–water partition coefficient (Wildman–Crippen LogP) is 0.552. The second-order valence-electron chi connectivity index (χ2n) is 5.45. The van der Waals surface area contributed by atoms with Crippen molar-refractivity contribution in [2.75, 3.05) is 18.5 Å². The van der Waals surface area contributed by atoms with Crippen molar-refractivity contribution in [1.82, 2.24) is 4.57 Å². The molecule has 8 heteroatoms. The molecule has 0 saturated carbocycles. The molecular formula is C19H21N3O4S. The molecule has 142 valence electrons. The van der Waals surface area contributed by atoms with E-state index < -0.39 is 5.97 Å². The van der Waals surface area contributed by atoms with Crippen molar-refractivity contribution >= 4 is 34.8 Å². The molecule has 7 nitrogen and oxygen atoms in total. The number of aliphatic hydroxyl groups excluding tert-OH is 1. The number of aliphatic hydroxyl groups is 1. The summed E-state index contributed by atoms with van der Waals surface area (Å²) >= 11 is 1.06. The molecule has 1 aromatic carbocycles. The zero-order valence-electron chi connectivity index (χ0n) is 15.2. The van der Waals surface area contributed by atoms with Crippen LogP contribution in [0.3, 0.4) is 0 Å². The van der Waals surface area contributed by atoms with Crippen LogP contribution >= 0.6 is 11.3 Å². The lowest BCUT2D eigenvalue weighted by Crippen LogP contribution is -2.32. The fourth-order valence-corrected chi connectivity index (χ4v) is 3.60. The average molecular weight is 387 g/mol. The summed E-state index contributed by atoms with van der Waals surface area (Å²) in [7, 11) is 0. The monoisotopic (exact) mass is 387 g/mol. The van der Waals surface area contributed by atoms with Crippen LogP contribution in [0.2, 0.25) is 0 Å². The minimum atomic E-state index is -0.740. The van der Waals surface area contributed by atoms with Gasteiger partial charge in [0.2, 0.25) is 0 Å². The number of hydrogen-bond acceptors (Lipinski definition) is 7. The van der Waals surface area contributed by atoms with Crippen molar-refractivity contribution in [3.8, 4) is 6.07 Å². The van der Waals surface area contributed by atoms with Gasteiger partial charge in [-0.05, 0) is 31.9 Å². The van der Waals surface area contributed by atoms with Crippen LogP contribution in [-0.4, -0.2) is 28.9 Å². The van der Waals surface area contributed by atoms with Crippen LogP contribution in [0.4, 0.5) is 5.69 Å². The molecule has 0 saturated heterocycles. The number of thiazole rings is 1. The highest BCUT2D eigenvalue weighted by atomic mass is 32.1. The van der Waals surface area contributed by atoms with Gasteiger partial charge >= 0.3 is 5.97 Å². The molecule has 0 aliphatic carbocycles. The molecule has 0 aliphatic heterocycles. The van der Waals surface area contributed by atoms with E-state index in [2.05, 4.69) is 5.32 Å². The Balaban J connectivity index is 2.56. The van der Waals surface area contributed by atoms with Gasteiger partial charge in [-0.3, -0.25) is 9.36 Å². The van der Waals surface area contributed by atoms with Crippen molar-refractivity contribution in [3.05, 3.63) is 49.4 Å². The molecular weight excluding hydrogens is 366 g/mol. The van der Waals surface area contributed by atoms with E-state index in [-0.39, 0.29) is 29.0 Å². The first-order valence-corrected chi connectivity index (χ1v) is 9.35. The number of aromatic nitrogens is 1. The maximum atomic E-state index is 12.6. The minimum Gasteiger partial charge on any atom is -0.462 e. The number of para-hydroxylation sites is 1. The van der Waals surface area contributed by atoms with Gasteiger partial charge < -0.3 is 15.2 Å². The van der Waals surface area contributed by atoms with E-state index in [0.29, 0.717) is 17.5 Å². The Hall–Kier alpha value is -2.89. The first kappa shape index (κ1) is 20.4. The molecule has 0 radical (unpaired) electrons. The molecule has 2 rings (SSSR count). The van der Waals surface area contributed by atoms with Crippen LogP contribution < -0.4 is 20.1 Å². The molecule has 2 aromatic rings. The van der Waals surface area contributed by atoms with Gasteiger partial charge in [-0.2, -0.15) is 5.26 Å². The summed E-state index contributed by atoms with van der Waals surface area (Å²) in [5.74, 6) is -0.740. The van der Waals surface area contributed by atoms with Crippen molar-refractivity contribution in [3.63, 3.8) is 0 Å².